The van der Waals surface area contributed by atoms with Crippen molar-refractivity contribution in [3.8, 4) is 0 Å². The van der Waals surface area contributed by atoms with Gasteiger partial charge >= 0.3 is 5.97 Å². The summed E-state index contributed by atoms with van der Waals surface area (Å²) >= 11 is 0. The van der Waals surface area contributed by atoms with Gasteiger partial charge in [-0.3, -0.25) is 9.59 Å². The van der Waals surface area contributed by atoms with Crippen molar-refractivity contribution in [3.63, 3.8) is 0 Å². The second-order valence-electron chi connectivity index (χ2n) is 6.59. The van der Waals surface area contributed by atoms with Crippen LogP contribution in [0.4, 0.5) is 0 Å². The van der Waals surface area contributed by atoms with E-state index in [1.807, 2.05) is 13.8 Å². The van der Waals surface area contributed by atoms with Gasteiger partial charge in [0, 0.05) is 13.0 Å². The quantitative estimate of drug-likeness (QED) is 0.0935. The van der Waals surface area contributed by atoms with Crippen molar-refractivity contribution in [2.75, 3.05) is 13.2 Å². The number of esters is 1. The summed E-state index contributed by atoms with van der Waals surface area (Å²) in [5.41, 5.74) is 4.97. The summed E-state index contributed by atoms with van der Waals surface area (Å²) in [4.78, 5) is 51.5. The van der Waals surface area contributed by atoms with E-state index in [1.54, 1.807) is 12.3 Å². The summed E-state index contributed by atoms with van der Waals surface area (Å²) in [6, 6.07) is 0. The fourth-order valence-corrected chi connectivity index (χ4v) is 2.48. The topological polar surface area (TPSA) is 178 Å². The minimum atomic E-state index is -1.93. The van der Waals surface area contributed by atoms with Gasteiger partial charge in [0.05, 0.1) is 0 Å². The maximum Gasteiger partial charge on any atom is 0.343 e. The standard InChI is InChI=1S/C16H26N6O6/c1-4-7-16(20-15(17)21-22(26)27,14(25)18-8-5-10(2)3)19-12(23)11-6-9-28-13(11)24/h6,10H,4-5,7-9H2,1-3H3,(H,18,25)(H,19,23)(H3,17,20,21)/t16-/m1/s1. The van der Waals surface area contributed by atoms with E-state index in [-0.39, 0.29) is 18.6 Å². The highest BCUT2D eigenvalue weighted by Crippen LogP contribution is 2.18. The van der Waals surface area contributed by atoms with Crippen molar-refractivity contribution in [1.29, 1.82) is 0 Å². The van der Waals surface area contributed by atoms with Gasteiger partial charge in [-0.05, 0) is 18.4 Å². The zero-order chi connectivity index (χ0) is 21.3. The SMILES string of the molecule is CCC[C@](N=C(N)N[N+](=O)[O-])(NC(=O)C1=CCOC1=O)C(=O)NCCC(C)C. The van der Waals surface area contributed by atoms with E-state index in [4.69, 9.17) is 10.5 Å². The molecule has 2 amide bonds. The number of nitrogens with two attached hydrogens (primary N) is 1. The maximum atomic E-state index is 12.9. The number of nitrogens with one attached hydrogen (secondary N) is 3. The molecule has 1 rings (SSSR count). The van der Waals surface area contributed by atoms with E-state index in [9.17, 15) is 24.5 Å². The molecule has 1 heterocycles. The number of hydrazine groups is 1. The number of aliphatic imine (C=N–C) groups is 1. The van der Waals surface area contributed by atoms with E-state index in [1.165, 1.54) is 6.08 Å². The van der Waals surface area contributed by atoms with E-state index in [0.717, 1.165) is 0 Å². The van der Waals surface area contributed by atoms with Crippen LogP contribution in [-0.2, 0) is 19.1 Å². The van der Waals surface area contributed by atoms with Crippen LogP contribution >= 0.6 is 0 Å². The Labute approximate surface area is 162 Å². The molecule has 0 unspecified atom stereocenters. The molecule has 1 aliphatic heterocycles. The number of ether oxygens (including phenoxy) is 1. The number of hydrogen-bond donors (Lipinski definition) is 4. The lowest BCUT2D eigenvalue weighted by atomic mass is 10.0. The van der Waals surface area contributed by atoms with Crippen LogP contribution in [0, 0.1) is 16.0 Å². The molecule has 0 spiro atoms. The smallest absolute Gasteiger partial charge is 0.343 e. The first-order chi connectivity index (χ1) is 13.1. The van der Waals surface area contributed by atoms with E-state index < -0.39 is 34.4 Å². The highest BCUT2D eigenvalue weighted by Gasteiger charge is 2.41. The van der Waals surface area contributed by atoms with E-state index >= 15 is 0 Å². The van der Waals surface area contributed by atoms with E-state index in [0.29, 0.717) is 25.3 Å². The molecule has 0 saturated heterocycles. The third kappa shape index (κ3) is 6.52. The molecule has 0 fully saturated rings. The molecule has 0 aromatic rings. The molecule has 1 aliphatic rings. The fraction of sp³-hybridized carbons (Fsp3) is 0.625. The van der Waals surface area contributed by atoms with Gasteiger partial charge in [0.1, 0.15) is 12.2 Å². The highest BCUT2D eigenvalue weighted by atomic mass is 16.7. The van der Waals surface area contributed by atoms with Gasteiger partial charge in [-0.2, -0.15) is 0 Å². The zero-order valence-electron chi connectivity index (χ0n) is 16.1. The minimum Gasteiger partial charge on any atom is -0.458 e. The molecule has 0 aromatic heterocycles. The molecular formula is C16H26N6O6. The van der Waals surface area contributed by atoms with Crippen molar-refractivity contribution < 1.29 is 24.2 Å². The molecule has 1 atom stereocenters. The Morgan fingerprint density at radius 3 is 2.64 bits per heavy atom. The predicted molar refractivity (Wildman–Crippen MR) is 99.0 cm³/mol. The molecule has 0 radical (unpaired) electrons. The van der Waals surface area contributed by atoms with Crippen LogP contribution in [-0.4, -0.2) is 47.6 Å². The highest BCUT2D eigenvalue weighted by molar-refractivity contribution is 6.18. The van der Waals surface area contributed by atoms with Crippen LogP contribution < -0.4 is 21.8 Å². The Bertz CT molecular complexity index is 689. The van der Waals surface area contributed by atoms with Crippen molar-refractivity contribution in [2.24, 2.45) is 16.6 Å². The predicted octanol–water partition coefficient (Wildman–Crippen LogP) is -0.659. The second-order valence-corrected chi connectivity index (χ2v) is 6.59. The number of carbonyl (C=O) groups is 3. The molecule has 0 aliphatic carbocycles. The van der Waals surface area contributed by atoms with Crippen LogP contribution in [0.15, 0.2) is 16.6 Å². The average Bonchev–Trinajstić information content (AvgIpc) is 2.99. The molecule has 12 nitrogen and oxygen atoms in total. The van der Waals surface area contributed by atoms with Gasteiger partial charge in [0.15, 0.2) is 5.03 Å². The van der Waals surface area contributed by atoms with Crippen LogP contribution in [0.3, 0.4) is 0 Å². The number of hydrogen-bond acceptors (Lipinski definition) is 7. The van der Waals surface area contributed by atoms with Gasteiger partial charge in [-0.15, -0.1) is 0 Å². The number of rotatable bonds is 10. The Kier molecular flexibility index (Phi) is 8.35. The first kappa shape index (κ1) is 22.9. The van der Waals surface area contributed by atoms with Gasteiger partial charge in [-0.1, -0.05) is 32.6 Å². The van der Waals surface area contributed by atoms with Crippen molar-refractivity contribution >= 4 is 23.7 Å². The summed E-state index contributed by atoms with van der Waals surface area (Å²) in [6.45, 7) is 5.93. The normalized spacial score (nSPS) is 16.1. The van der Waals surface area contributed by atoms with Crippen molar-refractivity contribution in [3.05, 3.63) is 21.8 Å². The molecule has 0 saturated carbocycles. The Balaban J connectivity index is 3.19. The first-order valence-electron chi connectivity index (χ1n) is 8.85. The Morgan fingerprint density at radius 2 is 2.14 bits per heavy atom. The zero-order valence-corrected chi connectivity index (χ0v) is 16.1. The lowest BCUT2D eigenvalue weighted by molar-refractivity contribution is -0.525. The number of amides is 2. The third-order valence-corrected chi connectivity index (χ3v) is 3.80. The fourth-order valence-electron chi connectivity index (χ4n) is 2.48. The minimum absolute atomic E-state index is 0.00528. The number of nitrogens with zero attached hydrogens (tertiary/aromatic N) is 2. The van der Waals surface area contributed by atoms with E-state index in [2.05, 4.69) is 15.6 Å². The molecule has 5 N–H and O–H groups in total. The van der Waals surface area contributed by atoms with Crippen LogP contribution in [0.5, 0.6) is 0 Å². The molecule has 28 heavy (non-hydrogen) atoms. The van der Waals surface area contributed by atoms with Gasteiger partial charge in [0.25, 0.3) is 17.8 Å². The average molecular weight is 398 g/mol. The van der Waals surface area contributed by atoms with Gasteiger partial charge in [0.2, 0.25) is 5.66 Å². The van der Waals surface area contributed by atoms with Gasteiger partial charge in [-0.25, -0.2) is 19.9 Å². The Hall–Kier alpha value is -3.18. The lowest BCUT2D eigenvalue weighted by Gasteiger charge is -2.29. The summed E-state index contributed by atoms with van der Waals surface area (Å²) in [6.07, 6.45) is 2.32. The van der Waals surface area contributed by atoms with Gasteiger partial charge < -0.3 is 21.1 Å². The summed E-state index contributed by atoms with van der Waals surface area (Å²) in [5.74, 6) is -2.75. The molecule has 0 bridgehead atoms. The third-order valence-electron chi connectivity index (χ3n) is 3.80. The molecule has 156 valence electrons. The van der Waals surface area contributed by atoms with Crippen LogP contribution in [0.1, 0.15) is 40.0 Å². The molecule has 0 aromatic carbocycles. The summed E-state index contributed by atoms with van der Waals surface area (Å²) in [7, 11) is 0. The second kappa shape index (κ2) is 10.2. The van der Waals surface area contributed by atoms with Crippen molar-refractivity contribution in [2.45, 2.75) is 45.7 Å². The molecular weight excluding hydrogens is 372 g/mol. The largest absolute Gasteiger partial charge is 0.458 e. The maximum absolute atomic E-state index is 12.9. The number of cyclic esters (lactones) is 1. The summed E-state index contributed by atoms with van der Waals surface area (Å²) < 4.78 is 4.69. The van der Waals surface area contributed by atoms with Crippen LogP contribution in [0.25, 0.3) is 0 Å². The number of guanidine groups is 1. The lowest BCUT2D eigenvalue weighted by Crippen LogP contribution is -2.60. The van der Waals surface area contributed by atoms with Crippen molar-refractivity contribution in [1.82, 2.24) is 16.1 Å². The van der Waals surface area contributed by atoms with Crippen LogP contribution in [0.2, 0.25) is 0 Å². The molecule has 12 heteroatoms. The number of carbonyl (C=O) groups excluding carboxylic acids is 3. The Morgan fingerprint density at radius 1 is 1.46 bits per heavy atom. The summed E-state index contributed by atoms with van der Waals surface area (Å²) in [5, 5.41) is 14.7. The first-order valence-corrected chi connectivity index (χ1v) is 8.85. The monoisotopic (exact) mass is 398 g/mol. The number of nitro groups is 1.